The van der Waals surface area contributed by atoms with E-state index in [1.54, 1.807) is 11.6 Å². The van der Waals surface area contributed by atoms with Gasteiger partial charge in [-0.2, -0.15) is 5.10 Å². The zero-order chi connectivity index (χ0) is 21.5. The van der Waals surface area contributed by atoms with E-state index >= 15 is 0 Å². The first kappa shape index (κ1) is 21.3. The molecular formula is C24H27N3O3. The highest BCUT2D eigenvalue weighted by molar-refractivity contribution is 5.86. The number of nitrogens with one attached hydrogen (secondary N) is 1. The second-order valence-corrected chi connectivity index (χ2v) is 7.07. The lowest BCUT2D eigenvalue weighted by Crippen LogP contribution is -2.35. The van der Waals surface area contributed by atoms with E-state index in [9.17, 15) is 9.59 Å². The van der Waals surface area contributed by atoms with Crippen LogP contribution in [0.5, 0.6) is 0 Å². The Labute approximate surface area is 176 Å². The average molecular weight is 405 g/mol. The van der Waals surface area contributed by atoms with Crippen molar-refractivity contribution in [2.24, 2.45) is 0 Å². The zero-order valence-corrected chi connectivity index (χ0v) is 17.6. The third-order valence-electron chi connectivity index (χ3n) is 4.95. The number of benzene rings is 2. The Hall–Kier alpha value is -3.41. The summed E-state index contributed by atoms with van der Waals surface area (Å²) in [6.45, 7) is 5.72. The molecule has 6 heteroatoms. The summed E-state index contributed by atoms with van der Waals surface area (Å²) in [5.74, 6) is -0.687. The van der Waals surface area contributed by atoms with E-state index in [-0.39, 0.29) is 18.9 Å². The van der Waals surface area contributed by atoms with E-state index in [1.807, 2.05) is 74.5 Å². The van der Waals surface area contributed by atoms with E-state index in [0.717, 1.165) is 16.9 Å². The average Bonchev–Trinajstić information content (AvgIpc) is 3.06. The minimum atomic E-state index is -0.898. The first-order valence-electron chi connectivity index (χ1n) is 10.1. The van der Waals surface area contributed by atoms with Crippen molar-refractivity contribution in [3.8, 4) is 5.69 Å². The van der Waals surface area contributed by atoms with Crippen LogP contribution in [-0.4, -0.2) is 28.3 Å². The third kappa shape index (κ3) is 4.95. The Bertz CT molecular complexity index is 997. The summed E-state index contributed by atoms with van der Waals surface area (Å²) < 4.78 is 7.04. The van der Waals surface area contributed by atoms with Gasteiger partial charge in [-0.1, -0.05) is 48.5 Å². The molecule has 6 nitrogen and oxygen atoms in total. The summed E-state index contributed by atoms with van der Waals surface area (Å²) in [5, 5.41) is 7.47. The Morgan fingerprint density at radius 1 is 1.03 bits per heavy atom. The Balaban J connectivity index is 1.84. The van der Waals surface area contributed by atoms with Gasteiger partial charge in [-0.15, -0.1) is 0 Å². The number of esters is 1. The van der Waals surface area contributed by atoms with Crippen molar-refractivity contribution in [2.75, 3.05) is 6.61 Å². The molecule has 1 heterocycles. The van der Waals surface area contributed by atoms with E-state index in [4.69, 9.17) is 4.74 Å². The maximum absolute atomic E-state index is 12.7. The molecule has 1 aromatic heterocycles. The number of para-hydroxylation sites is 1. The lowest BCUT2D eigenvalue weighted by molar-refractivity contribution is -0.147. The van der Waals surface area contributed by atoms with Gasteiger partial charge in [0, 0.05) is 17.7 Å². The van der Waals surface area contributed by atoms with Crippen LogP contribution in [0.2, 0.25) is 0 Å². The number of amides is 1. The molecule has 0 fully saturated rings. The first-order chi connectivity index (χ1) is 14.5. The van der Waals surface area contributed by atoms with Crippen LogP contribution in [0.15, 0.2) is 60.7 Å². The van der Waals surface area contributed by atoms with E-state index in [0.29, 0.717) is 17.7 Å². The van der Waals surface area contributed by atoms with Crippen LogP contribution >= 0.6 is 0 Å². The lowest BCUT2D eigenvalue weighted by Gasteiger charge is -2.18. The monoisotopic (exact) mass is 405 g/mol. The molecule has 0 spiro atoms. The van der Waals surface area contributed by atoms with Crippen LogP contribution in [-0.2, 0) is 20.7 Å². The van der Waals surface area contributed by atoms with E-state index in [2.05, 4.69) is 10.4 Å². The predicted molar refractivity (Wildman–Crippen MR) is 115 cm³/mol. The Kier molecular flexibility index (Phi) is 7.01. The van der Waals surface area contributed by atoms with Gasteiger partial charge >= 0.3 is 5.97 Å². The smallest absolute Gasteiger partial charge is 0.333 e. The highest BCUT2D eigenvalue weighted by Gasteiger charge is 2.30. The van der Waals surface area contributed by atoms with Crippen molar-refractivity contribution >= 4 is 11.9 Å². The van der Waals surface area contributed by atoms with Gasteiger partial charge in [0.2, 0.25) is 5.91 Å². The number of hydrogen-bond donors (Lipinski definition) is 1. The molecular weight excluding hydrogens is 378 g/mol. The molecule has 0 radical (unpaired) electrons. The van der Waals surface area contributed by atoms with Crippen molar-refractivity contribution in [1.29, 1.82) is 0 Å². The number of nitrogens with zero attached hydrogens (tertiary/aromatic N) is 2. The Morgan fingerprint density at radius 3 is 2.30 bits per heavy atom. The molecule has 2 aromatic carbocycles. The molecule has 1 amide bonds. The SMILES string of the molecule is CCOC(=O)[C@@H](NC(=O)CCc1ccccc1)c1c(C)nn(-c2ccccc2)c1C. The van der Waals surface area contributed by atoms with Gasteiger partial charge < -0.3 is 10.1 Å². The van der Waals surface area contributed by atoms with Crippen LogP contribution in [0, 0.1) is 13.8 Å². The molecule has 0 saturated heterocycles. The number of carbonyl (C=O) groups excluding carboxylic acids is 2. The molecule has 3 aromatic rings. The van der Waals surface area contributed by atoms with Crippen molar-refractivity contribution in [3.05, 3.63) is 83.2 Å². The van der Waals surface area contributed by atoms with E-state index < -0.39 is 12.0 Å². The highest BCUT2D eigenvalue weighted by Crippen LogP contribution is 2.25. The minimum absolute atomic E-state index is 0.205. The summed E-state index contributed by atoms with van der Waals surface area (Å²) >= 11 is 0. The first-order valence-corrected chi connectivity index (χ1v) is 10.1. The maximum Gasteiger partial charge on any atom is 0.333 e. The van der Waals surface area contributed by atoms with Crippen LogP contribution in [0.3, 0.4) is 0 Å². The quantitative estimate of drug-likeness (QED) is 0.578. The molecule has 0 aliphatic rings. The summed E-state index contributed by atoms with van der Waals surface area (Å²) in [7, 11) is 0. The fourth-order valence-electron chi connectivity index (χ4n) is 3.50. The Morgan fingerprint density at radius 2 is 1.67 bits per heavy atom. The molecule has 156 valence electrons. The number of aromatic nitrogens is 2. The molecule has 0 aliphatic carbocycles. The van der Waals surface area contributed by atoms with Gasteiger partial charge in [0.25, 0.3) is 0 Å². The number of hydrogen-bond acceptors (Lipinski definition) is 4. The van der Waals surface area contributed by atoms with Crippen molar-refractivity contribution in [3.63, 3.8) is 0 Å². The molecule has 1 atom stereocenters. The zero-order valence-electron chi connectivity index (χ0n) is 17.6. The lowest BCUT2D eigenvalue weighted by atomic mass is 10.0. The van der Waals surface area contributed by atoms with Gasteiger partial charge in [-0.05, 0) is 44.9 Å². The van der Waals surface area contributed by atoms with Crippen molar-refractivity contribution < 1.29 is 14.3 Å². The standard InChI is InChI=1S/C24H27N3O3/c1-4-30-24(29)23(25-21(28)16-15-19-11-7-5-8-12-19)22-17(2)26-27(18(22)3)20-13-9-6-10-14-20/h5-14,23H,4,15-16H2,1-3H3,(H,25,28)/t23-/m0/s1. The van der Waals surface area contributed by atoms with Gasteiger partial charge in [0.05, 0.1) is 18.0 Å². The van der Waals surface area contributed by atoms with Crippen LogP contribution in [0.1, 0.15) is 41.9 Å². The summed E-state index contributed by atoms with van der Waals surface area (Å²) in [4.78, 5) is 25.4. The number of ether oxygens (including phenoxy) is 1. The summed E-state index contributed by atoms with van der Waals surface area (Å²) in [6, 6.07) is 18.6. The van der Waals surface area contributed by atoms with Gasteiger partial charge in [-0.3, -0.25) is 4.79 Å². The predicted octanol–water partition coefficient (Wildman–Crippen LogP) is 3.84. The van der Waals surface area contributed by atoms with Gasteiger partial charge in [0.1, 0.15) is 0 Å². The summed E-state index contributed by atoms with van der Waals surface area (Å²) in [5.41, 5.74) is 4.11. The number of aryl methyl sites for hydroxylation is 2. The van der Waals surface area contributed by atoms with Crippen molar-refractivity contribution in [1.82, 2.24) is 15.1 Å². The second kappa shape index (κ2) is 9.87. The molecule has 3 rings (SSSR count). The summed E-state index contributed by atoms with van der Waals surface area (Å²) in [6.07, 6.45) is 0.883. The van der Waals surface area contributed by atoms with Crippen LogP contribution < -0.4 is 5.32 Å². The van der Waals surface area contributed by atoms with Crippen LogP contribution in [0.25, 0.3) is 5.69 Å². The normalized spacial score (nSPS) is 11.7. The second-order valence-electron chi connectivity index (χ2n) is 7.07. The fraction of sp³-hybridized carbons (Fsp3) is 0.292. The topological polar surface area (TPSA) is 73.2 Å². The fourth-order valence-corrected chi connectivity index (χ4v) is 3.50. The molecule has 1 N–H and O–H groups in total. The maximum atomic E-state index is 12.7. The number of carbonyl (C=O) groups is 2. The third-order valence-corrected chi connectivity index (χ3v) is 4.95. The van der Waals surface area contributed by atoms with Gasteiger partial charge in [0.15, 0.2) is 6.04 Å². The molecule has 0 unspecified atom stereocenters. The van der Waals surface area contributed by atoms with E-state index in [1.165, 1.54) is 0 Å². The molecule has 30 heavy (non-hydrogen) atoms. The van der Waals surface area contributed by atoms with Crippen LogP contribution in [0.4, 0.5) is 0 Å². The minimum Gasteiger partial charge on any atom is -0.464 e. The largest absolute Gasteiger partial charge is 0.464 e. The molecule has 0 aliphatic heterocycles. The highest BCUT2D eigenvalue weighted by atomic mass is 16.5. The molecule has 0 bridgehead atoms. The number of rotatable bonds is 8. The molecule has 0 saturated carbocycles. The van der Waals surface area contributed by atoms with Crippen molar-refractivity contribution in [2.45, 2.75) is 39.7 Å². The van der Waals surface area contributed by atoms with Gasteiger partial charge in [-0.25, -0.2) is 9.48 Å².